The van der Waals surface area contributed by atoms with Crippen molar-refractivity contribution in [3.05, 3.63) is 24.2 Å². The molecule has 27 heavy (non-hydrogen) atoms. The van der Waals surface area contributed by atoms with Crippen LogP contribution >= 0.6 is 11.8 Å². The Labute approximate surface area is 159 Å². The lowest BCUT2D eigenvalue weighted by molar-refractivity contribution is -0.0494. The van der Waals surface area contributed by atoms with Gasteiger partial charge in [-0.15, -0.1) is 0 Å². The van der Waals surface area contributed by atoms with Crippen LogP contribution in [0.1, 0.15) is 31.0 Å². The van der Waals surface area contributed by atoms with Crippen molar-refractivity contribution in [2.75, 3.05) is 22.9 Å². The van der Waals surface area contributed by atoms with E-state index < -0.39 is 6.61 Å². The predicted octanol–water partition coefficient (Wildman–Crippen LogP) is 3.29. The average molecular weight is 391 g/mol. The van der Waals surface area contributed by atoms with Gasteiger partial charge in [0.2, 0.25) is 0 Å². The maximum atomic E-state index is 12.6. The van der Waals surface area contributed by atoms with Crippen molar-refractivity contribution in [1.82, 2.24) is 15.0 Å². The monoisotopic (exact) mass is 391 g/mol. The van der Waals surface area contributed by atoms with Crippen LogP contribution in [-0.4, -0.2) is 45.2 Å². The van der Waals surface area contributed by atoms with E-state index in [9.17, 15) is 8.78 Å². The van der Waals surface area contributed by atoms with Crippen LogP contribution in [0.5, 0.6) is 5.75 Å². The number of anilines is 2. The molecule has 0 radical (unpaired) electrons. The Morgan fingerprint density at radius 3 is 2.78 bits per heavy atom. The number of halogens is 2. The summed E-state index contributed by atoms with van der Waals surface area (Å²) in [5, 5.41) is 0.669. The Bertz CT molecular complexity index is 879. The van der Waals surface area contributed by atoms with Crippen molar-refractivity contribution in [3.8, 4) is 17.0 Å². The number of nitrogen functional groups attached to an aromatic ring is 1. The zero-order valence-corrected chi connectivity index (χ0v) is 15.3. The number of nitrogens with zero attached hydrogens (tertiary/aromatic N) is 4. The molecule has 1 saturated carbocycles. The first-order chi connectivity index (χ1) is 13.1. The molecule has 4 heterocycles. The predicted molar refractivity (Wildman–Crippen MR) is 100 cm³/mol. The highest BCUT2D eigenvalue weighted by Gasteiger charge is 2.40. The first-order valence-electron chi connectivity index (χ1n) is 9.05. The smallest absolute Gasteiger partial charge is 0.387 e. The summed E-state index contributed by atoms with van der Waals surface area (Å²) >= 11 is 2.03. The number of nitrogens with two attached hydrogens (primary N) is 1. The van der Waals surface area contributed by atoms with Crippen LogP contribution in [0.4, 0.5) is 20.4 Å². The van der Waals surface area contributed by atoms with Crippen LogP contribution in [-0.2, 0) is 0 Å². The van der Waals surface area contributed by atoms with Gasteiger partial charge >= 0.3 is 6.61 Å². The second-order valence-corrected chi connectivity index (χ2v) is 8.56. The summed E-state index contributed by atoms with van der Waals surface area (Å²) in [6.07, 6.45) is 4.91. The highest BCUT2D eigenvalue weighted by molar-refractivity contribution is 8.00. The van der Waals surface area contributed by atoms with Gasteiger partial charge in [0, 0.05) is 47.3 Å². The van der Waals surface area contributed by atoms with Gasteiger partial charge in [-0.05, 0) is 25.3 Å². The van der Waals surface area contributed by atoms with E-state index in [4.69, 9.17) is 10.7 Å². The molecule has 3 aliphatic rings. The van der Waals surface area contributed by atoms with E-state index in [1.54, 1.807) is 6.20 Å². The molecule has 9 heteroatoms. The van der Waals surface area contributed by atoms with Gasteiger partial charge in [0.15, 0.2) is 11.6 Å². The Hall–Kier alpha value is -2.16. The van der Waals surface area contributed by atoms with Crippen LogP contribution in [0.2, 0.25) is 0 Å². The molecule has 2 bridgehead atoms. The first kappa shape index (κ1) is 17.0. The highest BCUT2D eigenvalue weighted by Crippen LogP contribution is 2.43. The molecule has 2 saturated heterocycles. The van der Waals surface area contributed by atoms with Crippen molar-refractivity contribution in [3.63, 3.8) is 0 Å². The topological polar surface area (TPSA) is 77.2 Å². The molecule has 6 nitrogen and oxygen atoms in total. The van der Waals surface area contributed by atoms with Crippen molar-refractivity contribution >= 4 is 23.4 Å². The van der Waals surface area contributed by atoms with E-state index in [1.165, 1.54) is 12.5 Å². The summed E-state index contributed by atoms with van der Waals surface area (Å²) in [6, 6.07) is 3.91. The zero-order valence-electron chi connectivity index (χ0n) is 14.5. The van der Waals surface area contributed by atoms with Gasteiger partial charge in [-0.1, -0.05) is 0 Å². The average Bonchev–Trinajstić information content (AvgIpc) is 3.29. The SMILES string of the molecule is Nc1ncc(-c2cc(N3CC4CC3CS4)nc(C3CC3)n2)cc1OC(F)F. The molecule has 2 aromatic heterocycles. The van der Waals surface area contributed by atoms with Crippen molar-refractivity contribution in [2.24, 2.45) is 0 Å². The molecule has 3 fully saturated rings. The minimum absolute atomic E-state index is 0.0652. The molecule has 2 aliphatic heterocycles. The lowest BCUT2D eigenvalue weighted by Crippen LogP contribution is -2.34. The number of hydrogen-bond acceptors (Lipinski definition) is 7. The third kappa shape index (κ3) is 3.28. The molecular weight excluding hydrogens is 372 g/mol. The lowest BCUT2D eigenvalue weighted by atomic mass is 10.1. The number of alkyl halides is 2. The molecule has 2 aromatic rings. The summed E-state index contributed by atoms with van der Waals surface area (Å²) in [4.78, 5) is 15.9. The third-order valence-electron chi connectivity index (χ3n) is 5.26. The van der Waals surface area contributed by atoms with Gasteiger partial charge in [0.1, 0.15) is 11.6 Å². The summed E-state index contributed by atoms with van der Waals surface area (Å²) < 4.78 is 29.7. The van der Waals surface area contributed by atoms with Gasteiger partial charge in [-0.3, -0.25) is 0 Å². The number of thioether (sulfide) groups is 1. The summed E-state index contributed by atoms with van der Waals surface area (Å²) in [5.41, 5.74) is 6.93. The normalized spacial score (nSPS) is 24.0. The molecule has 0 amide bonds. The van der Waals surface area contributed by atoms with Gasteiger partial charge in [0.25, 0.3) is 0 Å². The van der Waals surface area contributed by atoms with Crippen LogP contribution in [0.15, 0.2) is 18.3 Å². The number of fused-ring (bicyclic) bond motifs is 2. The molecule has 5 rings (SSSR count). The third-order valence-corrected chi connectivity index (χ3v) is 6.65. The summed E-state index contributed by atoms with van der Waals surface area (Å²) in [7, 11) is 0. The fraction of sp³-hybridized carbons (Fsp3) is 0.500. The summed E-state index contributed by atoms with van der Waals surface area (Å²) in [5.74, 6) is 3.06. The maximum Gasteiger partial charge on any atom is 0.387 e. The van der Waals surface area contributed by atoms with Crippen LogP contribution in [0.25, 0.3) is 11.3 Å². The molecule has 0 spiro atoms. The van der Waals surface area contributed by atoms with Gasteiger partial charge in [-0.25, -0.2) is 15.0 Å². The summed E-state index contributed by atoms with van der Waals surface area (Å²) in [6.45, 7) is -1.96. The molecule has 2 unspecified atom stereocenters. The van der Waals surface area contributed by atoms with Crippen LogP contribution in [0, 0.1) is 0 Å². The van der Waals surface area contributed by atoms with Gasteiger partial charge < -0.3 is 15.4 Å². The van der Waals surface area contributed by atoms with Crippen molar-refractivity contribution in [2.45, 2.75) is 43.1 Å². The molecule has 2 N–H and O–H groups in total. The van der Waals surface area contributed by atoms with Gasteiger partial charge in [0.05, 0.1) is 5.69 Å². The Balaban J connectivity index is 1.54. The van der Waals surface area contributed by atoms with E-state index in [-0.39, 0.29) is 11.6 Å². The Morgan fingerprint density at radius 2 is 2.11 bits per heavy atom. The lowest BCUT2D eigenvalue weighted by Gasteiger charge is -2.28. The molecule has 1 aliphatic carbocycles. The van der Waals surface area contributed by atoms with E-state index in [0.29, 0.717) is 28.5 Å². The minimum Gasteiger partial charge on any atom is -0.431 e. The molecular formula is C18H19F2N5OS. The van der Waals surface area contributed by atoms with E-state index in [1.807, 2.05) is 17.8 Å². The van der Waals surface area contributed by atoms with Crippen molar-refractivity contribution < 1.29 is 13.5 Å². The Morgan fingerprint density at radius 1 is 1.26 bits per heavy atom. The number of pyridine rings is 1. The Kier molecular flexibility index (Phi) is 4.07. The van der Waals surface area contributed by atoms with Crippen LogP contribution < -0.4 is 15.4 Å². The highest BCUT2D eigenvalue weighted by atomic mass is 32.2. The molecule has 0 aromatic carbocycles. The van der Waals surface area contributed by atoms with E-state index in [0.717, 1.165) is 36.8 Å². The number of hydrogen-bond donors (Lipinski definition) is 1. The zero-order chi connectivity index (χ0) is 18.5. The van der Waals surface area contributed by atoms with E-state index >= 15 is 0 Å². The molecule has 2 atom stereocenters. The molecule has 142 valence electrons. The second-order valence-electron chi connectivity index (χ2n) is 7.23. The van der Waals surface area contributed by atoms with Crippen LogP contribution in [0.3, 0.4) is 0 Å². The van der Waals surface area contributed by atoms with E-state index in [2.05, 4.69) is 19.6 Å². The second kappa shape index (κ2) is 6.47. The quantitative estimate of drug-likeness (QED) is 0.838. The van der Waals surface area contributed by atoms with Crippen molar-refractivity contribution in [1.29, 1.82) is 0 Å². The fourth-order valence-electron chi connectivity index (χ4n) is 3.74. The fourth-order valence-corrected chi connectivity index (χ4v) is 5.17. The number of aromatic nitrogens is 3. The number of rotatable bonds is 5. The first-order valence-corrected chi connectivity index (χ1v) is 10.1. The maximum absolute atomic E-state index is 12.6. The largest absolute Gasteiger partial charge is 0.431 e. The minimum atomic E-state index is -2.95. The van der Waals surface area contributed by atoms with Gasteiger partial charge in [-0.2, -0.15) is 20.5 Å². The standard InChI is InChI=1S/C18H19F2N5OS/c19-18(20)26-14-3-10(6-22-16(14)21)13-5-15(24-17(23-13)9-1-2-9)25-7-12-4-11(25)8-27-12/h3,5-6,9,11-12,18H,1-2,4,7-8H2,(H2,21,22). The number of ether oxygens (including phenoxy) is 1.